The van der Waals surface area contributed by atoms with Crippen LogP contribution < -0.4 is 10.1 Å². The Morgan fingerprint density at radius 3 is 2.86 bits per heavy atom. The highest BCUT2D eigenvalue weighted by Crippen LogP contribution is 2.21. The number of aromatic nitrogens is 2. The third-order valence-corrected chi connectivity index (χ3v) is 2.58. The van der Waals surface area contributed by atoms with Crippen molar-refractivity contribution in [2.24, 2.45) is 0 Å². The maximum absolute atomic E-state index is 10.7. The summed E-state index contributed by atoms with van der Waals surface area (Å²) >= 11 is 0. The number of ether oxygens (including phenoxy) is 1. The van der Waals surface area contributed by atoms with Gasteiger partial charge in [0.1, 0.15) is 18.1 Å². The molecule has 0 unspecified atom stereocenters. The number of hydrogen-bond acceptors (Lipinski definition) is 5. The summed E-state index contributed by atoms with van der Waals surface area (Å²) in [6.45, 7) is 0.406. The van der Waals surface area contributed by atoms with Crippen molar-refractivity contribution >= 4 is 12.4 Å². The molecular formula is C14H13N3O4. The zero-order valence-electron chi connectivity index (χ0n) is 11.0. The molecule has 2 N–H and O–H groups in total. The minimum Gasteiger partial charge on any atom is -0.492 e. The first kappa shape index (κ1) is 14.4. The Morgan fingerprint density at radius 1 is 1.29 bits per heavy atom. The quantitative estimate of drug-likeness (QED) is 0.618. The summed E-state index contributed by atoms with van der Waals surface area (Å²) < 4.78 is 5.42. The maximum Gasteiger partial charge on any atom is 0.404 e. The van der Waals surface area contributed by atoms with Crippen LogP contribution in [0.1, 0.15) is 10.5 Å². The molecule has 2 aromatic rings. The van der Waals surface area contributed by atoms with Crippen LogP contribution >= 0.6 is 0 Å². The minimum absolute atomic E-state index is 0.192. The Kier molecular flexibility index (Phi) is 4.81. The number of carbonyl (C=O) groups is 2. The third-order valence-electron chi connectivity index (χ3n) is 2.58. The van der Waals surface area contributed by atoms with Crippen molar-refractivity contribution in [3.63, 3.8) is 0 Å². The number of nitrogens with zero attached hydrogens (tertiary/aromatic N) is 2. The molecule has 21 heavy (non-hydrogen) atoms. The van der Waals surface area contributed by atoms with Crippen LogP contribution in [0.15, 0.2) is 36.7 Å². The van der Waals surface area contributed by atoms with E-state index in [9.17, 15) is 9.59 Å². The van der Waals surface area contributed by atoms with Crippen LogP contribution in [0, 0.1) is 0 Å². The van der Waals surface area contributed by atoms with Crippen LogP contribution in [0.3, 0.4) is 0 Å². The number of carbonyl (C=O) groups excluding carboxylic acids is 1. The smallest absolute Gasteiger partial charge is 0.404 e. The second kappa shape index (κ2) is 6.99. The van der Waals surface area contributed by atoms with E-state index in [0.717, 1.165) is 5.56 Å². The van der Waals surface area contributed by atoms with Crippen LogP contribution in [0.5, 0.6) is 5.75 Å². The molecule has 0 bridgehead atoms. The molecule has 0 aromatic carbocycles. The summed E-state index contributed by atoms with van der Waals surface area (Å²) in [5.74, 6) is 0.566. The number of carboxylic acid groups (broad SMARTS) is 1. The van der Waals surface area contributed by atoms with Gasteiger partial charge in [-0.2, -0.15) is 0 Å². The van der Waals surface area contributed by atoms with Gasteiger partial charge in [0.2, 0.25) is 0 Å². The van der Waals surface area contributed by atoms with Crippen molar-refractivity contribution in [1.29, 1.82) is 0 Å². The molecule has 0 aliphatic carbocycles. The highest BCUT2D eigenvalue weighted by Gasteiger charge is 2.03. The topological polar surface area (TPSA) is 101 Å². The first-order chi connectivity index (χ1) is 10.2. The summed E-state index contributed by atoms with van der Waals surface area (Å²) in [6.07, 6.45) is 2.69. The van der Waals surface area contributed by atoms with Crippen LogP contribution in [0.2, 0.25) is 0 Å². The van der Waals surface area contributed by atoms with E-state index in [4.69, 9.17) is 9.84 Å². The maximum atomic E-state index is 10.7. The fraction of sp³-hybridized carbons (Fsp3) is 0.143. The monoisotopic (exact) mass is 287 g/mol. The molecule has 0 radical (unpaired) electrons. The van der Waals surface area contributed by atoms with Gasteiger partial charge >= 0.3 is 6.09 Å². The molecule has 1 amide bonds. The lowest BCUT2D eigenvalue weighted by molar-refractivity contribution is 0.111. The normalized spacial score (nSPS) is 9.90. The van der Waals surface area contributed by atoms with Gasteiger partial charge in [-0.05, 0) is 18.2 Å². The van der Waals surface area contributed by atoms with Crippen molar-refractivity contribution in [3.8, 4) is 17.0 Å². The molecule has 0 atom stereocenters. The van der Waals surface area contributed by atoms with E-state index >= 15 is 0 Å². The third kappa shape index (κ3) is 4.27. The molecule has 2 rings (SSSR count). The molecule has 0 fully saturated rings. The Bertz CT molecular complexity index is 646. The summed E-state index contributed by atoms with van der Waals surface area (Å²) in [5, 5.41) is 10.6. The zero-order valence-corrected chi connectivity index (χ0v) is 11.0. The molecule has 0 aliphatic heterocycles. The molecule has 0 saturated carbocycles. The number of hydrogen-bond donors (Lipinski definition) is 2. The number of aldehydes is 1. The van der Waals surface area contributed by atoms with Gasteiger partial charge in [0.05, 0.1) is 12.2 Å². The SMILES string of the molecule is O=Cc1cc(-c2cc(OCCNC(=O)O)ccn2)ccn1. The molecule has 7 heteroatoms. The molecule has 7 nitrogen and oxygen atoms in total. The molecule has 2 heterocycles. The van der Waals surface area contributed by atoms with Crippen LogP contribution in [-0.4, -0.2) is 40.6 Å². The number of rotatable bonds is 6. The van der Waals surface area contributed by atoms with E-state index < -0.39 is 6.09 Å². The fourth-order valence-corrected chi connectivity index (χ4v) is 1.66. The molecular weight excluding hydrogens is 274 g/mol. The Morgan fingerprint density at radius 2 is 2.10 bits per heavy atom. The summed E-state index contributed by atoms with van der Waals surface area (Å²) in [6, 6.07) is 6.76. The van der Waals surface area contributed by atoms with E-state index in [2.05, 4.69) is 15.3 Å². The largest absolute Gasteiger partial charge is 0.492 e. The number of nitrogens with one attached hydrogen (secondary N) is 1. The van der Waals surface area contributed by atoms with Gasteiger partial charge in [-0.1, -0.05) is 0 Å². The molecule has 2 aromatic heterocycles. The van der Waals surface area contributed by atoms with Crippen molar-refractivity contribution in [2.75, 3.05) is 13.2 Å². The van der Waals surface area contributed by atoms with Crippen molar-refractivity contribution < 1.29 is 19.4 Å². The summed E-state index contributed by atoms with van der Waals surface area (Å²) in [4.78, 5) is 29.1. The lowest BCUT2D eigenvalue weighted by Gasteiger charge is -2.07. The predicted octanol–water partition coefficient (Wildman–Crippen LogP) is 1.60. The van der Waals surface area contributed by atoms with Gasteiger partial charge in [-0.15, -0.1) is 0 Å². The standard InChI is InChI=1S/C14H13N3O4/c18-9-11-7-10(1-3-15-11)13-8-12(2-4-16-13)21-6-5-17-14(19)20/h1-4,7-9,17H,5-6H2,(H,19,20). The average Bonchev–Trinajstić information content (AvgIpc) is 2.52. The van der Waals surface area contributed by atoms with Crippen molar-refractivity contribution in [3.05, 3.63) is 42.4 Å². The zero-order chi connectivity index (χ0) is 15.1. The van der Waals surface area contributed by atoms with E-state index in [1.54, 1.807) is 30.5 Å². The average molecular weight is 287 g/mol. The highest BCUT2D eigenvalue weighted by atomic mass is 16.5. The highest BCUT2D eigenvalue weighted by molar-refractivity contribution is 5.75. The van der Waals surface area contributed by atoms with Gasteiger partial charge in [-0.3, -0.25) is 14.8 Å². The van der Waals surface area contributed by atoms with Crippen molar-refractivity contribution in [2.45, 2.75) is 0 Å². The number of amides is 1. The van der Waals surface area contributed by atoms with E-state index in [1.807, 2.05) is 0 Å². The van der Waals surface area contributed by atoms with Gasteiger partial charge in [0.25, 0.3) is 0 Å². The Labute approximate surface area is 120 Å². The van der Waals surface area contributed by atoms with E-state index in [-0.39, 0.29) is 13.2 Å². The Balaban J connectivity index is 2.06. The van der Waals surface area contributed by atoms with Crippen LogP contribution in [0.25, 0.3) is 11.3 Å². The second-order valence-corrected chi connectivity index (χ2v) is 4.04. The van der Waals surface area contributed by atoms with Gasteiger partial charge < -0.3 is 15.2 Å². The first-order valence-electron chi connectivity index (χ1n) is 6.16. The van der Waals surface area contributed by atoms with Crippen molar-refractivity contribution in [1.82, 2.24) is 15.3 Å². The van der Waals surface area contributed by atoms with Gasteiger partial charge in [-0.25, -0.2) is 4.79 Å². The lowest BCUT2D eigenvalue weighted by atomic mass is 10.1. The van der Waals surface area contributed by atoms with E-state index in [0.29, 0.717) is 23.4 Å². The first-order valence-corrected chi connectivity index (χ1v) is 6.16. The van der Waals surface area contributed by atoms with E-state index in [1.165, 1.54) is 6.20 Å². The summed E-state index contributed by atoms with van der Waals surface area (Å²) in [5.41, 5.74) is 1.72. The van der Waals surface area contributed by atoms with Gasteiger partial charge in [0, 0.05) is 24.0 Å². The molecule has 0 spiro atoms. The minimum atomic E-state index is -1.09. The lowest BCUT2D eigenvalue weighted by Crippen LogP contribution is -2.26. The van der Waals surface area contributed by atoms with Crippen LogP contribution in [-0.2, 0) is 0 Å². The fourth-order valence-electron chi connectivity index (χ4n) is 1.66. The Hall–Kier alpha value is -2.96. The second-order valence-electron chi connectivity index (χ2n) is 4.04. The predicted molar refractivity (Wildman–Crippen MR) is 74.4 cm³/mol. The number of pyridine rings is 2. The summed E-state index contributed by atoms with van der Waals surface area (Å²) in [7, 11) is 0. The molecule has 0 aliphatic rings. The molecule has 108 valence electrons. The molecule has 0 saturated heterocycles. The van der Waals surface area contributed by atoms with Crippen LogP contribution in [0.4, 0.5) is 4.79 Å². The van der Waals surface area contributed by atoms with Gasteiger partial charge in [0.15, 0.2) is 6.29 Å².